The Kier molecular flexibility index (Phi) is 3.04. The number of nitrogen functional groups attached to an aromatic ring is 1. The molecule has 1 aromatic carbocycles. The van der Waals surface area contributed by atoms with Crippen molar-refractivity contribution in [2.24, 2.45) is 0 Å². The Bertz CT molecular complexity index is 734. The highest BCUT2D eigenvalue weighted by Gasteiger charge is 2.14. The lowest BCUT2D eigenvalue weighted by molar-refractivity contribution is 1.03. The molecule has 0 amide bonds. The van der Waals surface area contributed by atoms with Crippen molar-refractivity contribution in [3.63, 3.8) is 0 Å². The van der Waals surface area contributed by atoms with E-state index in [-0.39, 0.29) is 0 Å². The molecule has 0 bridgehead atoms. The Hall–Kier alpha value is -2.89. The van der Waals surface area contributed by atoms with Gasteiger partial charge in [0.05, 0.1) is 0 Å². The zero-order chi connectivity index (χ0) is 13.9. The summed E-state index contributed by atoms with van der Waals surface area (Å²) < 4.78 is 0. The number of nitrogens with two attached hydrogens (primary N) is 1. The van der Waals surface area contributed by atoms with Gasteiger partial charge in [-0.2, -0.15) is 4.98 Å². The third-order valence-corrected chi connectivity index (χ3v) is 2.94. The van der Waals surface area contributed by atoms with Crippen molar-refractivity contribution in [3.05, 3.63) is 49.3 Å². The molecular formula is C14H14N6. The van der Waals surface area contributed by atoms with E-state index < -0.39 is 0 Å². The van der Waals surface area contributed by atoms with Gasteiger partial charge in [-0.3, -0.25) is 0 Å². The van der Waals surface area contributed by atoms with Crippen molar-refractivity contribution in [2.75, 3.05) is 17.2 Å². The largest absolute Gasteiger partial charge is 0.382 e. The van der Waals surface area contributed by atoms with Gasteiger partial charge in [0, 0.05) is 12.2 Å². The molecule has 0 fully saturated rings. The van der Waals surface area contributed by atoms with E-state index >= 15 is 0 Å². The van der Waals surface area contributed by atoms with Crippen molar-refractivity contribution in [2.45, 2.75) is 0 Å². The molecule has 0 aliphatic carbocycles. The van der Waals surface area contributed by atoms with Crippen LogP contribution in [0, 0.1) is 0 Å². The third-order valence-electron chi connectivity index (χ3n) is 2.94. The summed E-state index contributed by atoms with van der Waals surface area (Å²) in [4.78, 5) is 17.7. The van der Waals surface area contributed by atoms with Gasteiger partial charge >= 0.3 is 0 Å². The molecule has 3 aromatic rings. The van der Waals surface area contributed by atoms with E-state index in [0.29, 0.717) is 29.5 Å². The fourth-order valence-electron chi connectivity index (χ4n) is 2.01. The molecule has 2 aromatic heterocycles. The Morgan fingerprint density at radius 3 is 2.75 bits per heavy atom. The fraction of sp³-hybridized carbons (Fsp3) is 0.0714. The van der Waals surface area contributed by atoms with Gasteiger partial charge in [0.2, 0.25) is 5.95 Å². The number of rotatable bonds is 4. The first kappa shape index (κ1) is 12.2. The lowest BCUT2D eigenvalue weighted by atomic mass is 10.3. The minimum Gasteiger partial charge on any atom is -0.382 e. The molecule has 20 heavy (non-hydrogen) atoms. The first-order valence-electron chi connectivity index (χ1n) is 6.19. The van der Waals surface area contributed by atoms with E-state index in [1.165, 1.54) is 6.33 Å². The summed E-state index contributed by atoms with van der Waals surface area (Å²) >= 11 is 0. The Morgan fingerprint density at radius 1 is 1.25 bits per heavy atom. The predicted octanol–water partition coefficient (Wildman–Crippen LogP) is 2.26. The normalized spacial score (nSPS) is 10.6. The quantitative estimate of drug-likeness (QED) is 0.708. The highest BCUT2D eigenvalue weighted by atomic mass is 15.3. The topological polar surface area (TPSA) is 83.7 Å². The molecule has 100 valence electrons. The van der Waals surface area contributed by atoms with Crippen molar-refractivity contribution < 1.29 is 0 Å². The molecule has 0 saturated heterocycles. The van der Waals surface area contributed by atoms with Gasteiger partial charge in [0.1, 0.15) is 11.8 Å². The van der Waals surface area contributed by atoms with Gasteiger partial charge in [0.15, 0.2) is 11.5 Å². The van der Waals surface area contributed by atoms with Gasteiger partial charge in [0.25, 0.3) is 0 Å². The molecular weight excluding hydrogens is 252 g/mol. The van der Waals surface area contributed by atoms with Crippen LogP contribution in [-0.4, -0.2) is 26.5 Å². The van der Waals surface area contributed by atoms with Gasteiger partial charge < -0.3 is 15.6 Å². The van der Waals surface area contributed by atoms with Crippen LogP contribution in [0.3, 0.4) is 0 Å². The van der Waals surface area contributed by atoms with E-state index in [1.807, 2.05) is 41.3 Å². The van der Waals surface area contributed by atoms with Crippen LogP contribution in [0.4, 0.5) is 17.5 Å². The van der Waals surface area contributed by atoms with Gasteiger partial charge in [-0.05, 0) is 12.1 Å². The van der Waals surface area contributed by atoms with Crippen molar-refractivity contribution >= 4 is 28.6 Å². The molecule has 3 rings (SSSR count). The summed E-state index contributed by atoms with van der Waals surface area (Å²) in [5.74, 6) is 1.05. The van der Waals surface area contributed by atoms with Crippen molar-refractivity contribution in [1.29, 1.82) is 0 Å². The minimum absolute atomic E-state index is 0.389. The SMILES string of the molecule is C=CCN(c1ccccc1)c1nc2ncnc(N)c2[nH]1. The molecule has 6 nitrogen and oxygen atoms in total. The number of aromatic nitrogens is 4. The maximum Gasteiger partial charge on any atom is 0.210 e. The van der Waals surface area contributed by atoms with E-state index in [1.54, 1.807) is 0 Å². The van der Waals surface area contributed by atoms with E-state index in [2.05, 4.69) is 26.5 Å². The van der Waals surface area contributed by atoms with Gasteiger partial charge in [-0.15, -0.1) is 6.58 Å². The number of H-pyrrole nitrogens is 1. The summed E-state index contributed by atoms with van der Waals surface area (Å²) in [5.41, 5.74) is 8.03. The smallest absolute Gasteiger partial charge is 0.210 e. The summed E-state index contributed by atoms with van der Waals surface area (Å²) in [6.07, 6.45) is 3.22. The molecule has 0 saturated carbocycles. The standard InChI is InChI=1S/C14H14N6/c1-2-8-20(10-6-4-3-5-7-10)14-18-11-12(15)16-9-17-13(11)19-14/h2-7,9H,1,8H2,(H3,15,16,17,18,19). The maximum absolute atomic E-state index is 5.82. The Balaban J connectivity index is 2.10. The van der Waals surface area contributed by atoms with Gasteiger partial charge in [-0.25, -0.2) is 9.97 Å². The van der Waals surface area contributed by atoms with Crippen molar-refractivity contribution in [1.82, 2.24) is 19.9 Å². The van der Waals surface area contributed by atoms with E-state index in [9.17, 15) is 0 Å². The number of nitrogens with one attached hydrogen (secondary N) is 1. The highest BCUT2D eigenvalue weighted by Crippen LogP contribution is 2.25. The number of anilines is 3. The molecule has 0 atom stereocenters. The molecule has 0 unspecified atom stereocenters. The number of hydrogen-bond acceptors (Lipinski definition) is 5. The van der Waals surface area contributed by atoms with Crippen LogP contribution in [0.2, 0.25) is 0 Å². The summed E-state index contributed by atoms with van der Waals surface area (Å²) in [6, 6.07) is 9.93. The Labute approximate surface area is 116 Å². The van der Waals surface area contributed by atoms with Crippen LogP contribution in [0.1, 0.15) is 0 Å². The number of benzene rings is 1. The number of para-hydroxylation sites is 1. The Morgan fingerprint density at radius 2 is 2.05 bits per heavy atom. The first-order chi connectivity index (χ1) is 9.79. The van der Waals surface area contributed by atoms with Crippen LogP contribution in [-0.2, 0) is 0 Å². The summed E-state index contributed by atoms with van der Waals surface area (Å²) in [5, 5.41) is 0. The highest BCUT2D eigenvalue weighted by molar-refractivity contribution is 5.83. The second-order valence-electron chi connectivity index (χ2n) is 4.25. The average molecular weight is 266 g/mol. The fourth-order valence-corrected chi connectivity index (χ4v) is 2.01. The first-order valence-corrected chi connectivity index (χ1v) is 6.19. The average Bonchev–Trinajstić information content (AvgIpc) is 2.91. The molecule has 0 radical (unpaired) electrons. The van der Waals surface area contributed by atoms with Crippen molar-refractivity contribution in [3.8, 4) is 0 Å². The van der Waals surface area contributed by atoms with E-state index in [4.69, 9.17) is 5.73 Å². The molecule has 0 spiro atoms. The minimum atomic E-state index is 0.389. The van der Waals surface area contributed by atoms with Crippen LogP contribution in [0.5, 0.6) is 0 Å². The zero-order valence-corrected chi connectivity index (χ0v) is 10.8. The molecule has 0 aliphatic rings. The second kappa shape index (κ2) is 5.00. The summed E-state index contributed by atoms with van der Waals surface area (Å²) in [7, 11) is 0. The lowest BCUT2D eigenvalue weighted by Crippen LogP contribution is -2.17. The number of hydrogen-bond donors (Lipinski definition) is 2. The zero-order valence-electron chi connectivity index (χ0n) is 10.8. The van der Waals surface area contributed by atoms with Crippen LogP contribution >= 0.6 is 0 Å². The predicted molar refractivity (Wildman–Crippen MR) is 79.7 cm³/mol. The second-order valence-corrected chi connectivity index (χ2v) is 4.25. The molecule has 2 heterocycles. The molecule has 0 aliphatic heterocycles. The lowest BCUT2D eigenvalue weighted by Gasteiger charge is -2.19. The number of imidazole rings is 1. The summed E-state index contributed by atoms with van der Waals surface area (Å²) in [6.45, 7) is 4.41. The number of fused-ring (bicyclic) bond motifs is 1. The third kappa shape index (κ3) is 2.07. The van der Waals surface area contributed by atoms with Crippen LogP contribution in [0.25, 0.3) is 11.2 Å². The van der Waals surface area contributed by atoms with E-state index in [0.717, 1.165) is 5.69 Å². The van der Waals surface area contributed by atoms with Gasteiger partial charge in [-0.1, -0.05) is 24.3 Å². The molecule has 3 N–H and O–H groups in total. The monoisotopic (exact) mass is 266 g/mol. The maximum atomic E-state index is 5.82. The number of aromatic amines is 1. The molecule has 6 heteroatoms. The van der Waals surface area contributed by atoms with Crippen LogP contribution in [0.15, 0.2) is 49.3 Å². The number of nitrogens with zero attached hydrogens (tertiary/aromatic N) is 4. The van der Waals surface area contributed by atoms with Crippen LogP contribution < -0.4 is 10.6 Å².